The molecule has 0 radical (unpaired) electrons. The number of unbranched alkanes of at least 4 members (excludes halogenated alkanes) is 1. The molecule has 0 aliphatic heterocycles. The van der Waals surface area contributed by atoms with Crippen molar-refractivity contribution in [3.05, 3.63) is 34.9 Å². The van der Waals surface area contributed by atoms with E-state index in [4.69, 9.17) is 16.3 Å². The first kappa shape index (κ1) is 15.5. The third-order valence-electron chi connectivity index (χ3n) is 3.14. The second-order valence-electron chi connectivity index (χ2n) is 4.51. The van der Waals surface area contributed by atoms with Gasteiger partial charge in [-0.2, -0.15) is 0 Å². The fraction of sp³-hybridized carbons (Fsp3) is 0.600. The molecule has 0 heterocycles. The lowest BCUT2D eigenvalue weighted by atomic mass is 9.93. The Morgan fingerprint density at radius 2 is 2.06 bits per heavy atom. The number of methoxy groups -OCH3 is 1. The van der Waals surface area contributed by atoms with Crippen LogP contribution in [-0.2, 0) is 4.74 Å². The van der Waals surface area contributed by atoms with Crippen LogP contribution in [0.5, 0.6) is 0 Å². The van der Waals surface area contributed by atoms with E-state index in [0.717, 1.165) is 37.6 Å². The van der Waals surface area contributed by atoms with Crippen LogP contribution in [0.4, 0.5) is 0 Å². The molecule has 1 unspecified atom stereocenters. The monoisotopic (exact) mass is 269 g/mol. The largest absolute Gasteiger partial charge is 0.385 e. The van der Waals surface area contributed by atoms with Crippen LogP contribution in [-0.4, -0.2) is 26.8 Å². The zero-order valence-corrected chi connectivity index (χ0v) is 12.2. The third-order valence-corrected chi connectivity index (χ3v) is 3.48. The van der Waals surface area contributed by atoms with E-state index in [1.165, 1.54) is 12.0 Å². The molecule has 3 heteroatoms. The smallest absolute Gasteiger partial charge is 0.0462 e. The summed E-state index contributed by atoms with van der Waals surface area (Å²) in [4.78, 5) is 0. The molecule has 0 spiro atoms. The summed E-state index contributed by atoms with van der Waals surface area (Å²) in [6.45, 7) is 4.97. The predicted molar refractivity (Wildman–Crippen MR) is 78.5 cm³/mol. The van der Waals surface area contributed by atoms with Crippen molar-refractivity contribution in [2.24, 2.45) is 0 Å². The van der Waals surface area contributed by atoms with E-state index in [-0.39, 0.29) is 0 Å². The van der Waals surface area contributed by atoms with Crippen LogP contribution in [0.3, 0.4) is 0 Å². The van der Waals surface area contributed by atoms with Crippen molar-refractivity contribution < 1.29 is 4.74 Å². The van der Waals surface area contributed by atoms with E-state index < -0.39 is 0 Å². The Morgan fingerprint density at radius 1 is 1.28 bits per heavy atom. The summed E-state index contributed by atoms with van der Waals surface area (Å²) >= 11 is 6.29. The molecule has 0 bridgehead atoms. The zero-order chi connectivity index (χ0) is 13.2. The third kappa shape index (κ3) is 5.38. The minimum atomic E-state index is 0.496. The maximum atomic E-state index is 6.29. The number of nitrogens with one attached hydrogen (secondary N) is 1. The molecular weight excluding hydrogens is 246 g/mol. The highest BCUT2D eigenvalue weighted by Gasteiger charge is 2.13. The van der Waals surface area contributed by atoms with Crippen LogP contribution < -0.4 is 5.32 Å². The van der Waals surface area contributed by atoms with E-state index in [2.05, 4.69) is 24.4 Å². The van der Waals surface area contributed by atoms with Gasteiger partial charge in [0, 0.05) is 25.3 Å². The number of likely N-dealkylation sites (N-methyl/N-ethyl adjacent to an activating group) is 1. The average molecular weight is 270 g/mol. The highest BCUT2D eigenvalue weighted by Crippen LogP contribution is 2.27. The molecule has 1 atom stereocenters. The Balaban J connectivity index is 2.57. The Hall–Kier alpha value is -0.570. The van der Waals surface area contributed by atoms with Crippen molar-refractivity contribution in [3.8, 4) is 0 Å². The number of halogens is 1. The highest BCUT2D eigenvalue weighted by molar-refractivity contribution is 6.31. The molecule has 1 aromatic rings. The molecule has 0 aromatic heterocycles. The predicted octanol–water partition coefficient (Wildman–Crippen LogP) is 3.85. The molecule has 0 saturated carbocycles. The summed E-state index contributed by atoms with van der Waals surface area (Å²) < 4.78 is 5.09. The van der Waals surface area contributed by atoms with Crippen molar-refractivity contribution >= 4 is 11.6 Å². The molecule has 1 aromatic carbocycles. The fourth-order valence-electron chi connectivity index (χ4n) is 2.13. The summed E-state index contributed by atoms with van der Waals surface area (Å²) in [7, 11) is 1.75. The number of hydrogen-bond acceptors (Lipinski definition) is 2. The zero-order valence-electron chi connectivity index (χ0n) is 11.4. The highest BCUT2D eigenvalue weighted by atomic mass is 35.5. The van der Waals surface area contributed by atoms with E-state index in [1.54, 1.807) is 7.11 Å². The van der Waals surface area contributed by atoms with Crippen LogP contribution in [0.25, 0.3) is 0 Å². The van der Waals surface area contributed by atoms with Gasteiger partial charge in [-0.05, 0) is 36.9 Å². The SMILES string of the molecule is CCNCC(CCCCOC)c1ccccc1Cl. The van der Waals surface area contributed by atoms with Gasteiger partial charge in [0.05, 0.1) is 0 Å². The van der Waals surface area contributed by atoms with Crippen molar-refractivity contribution in [3.63, 3.8) is 0 Å². The molecule has 0 amide bonds. The summed E-state index contributed by atoms with van der Waals surface area (Å²) in [5, 5.41) is 4.31. The maximum Gasteiger partial charge on any atom is 0.0462 e. The molecule has 102 valence electrons. The number of hydrogen-bond donors (Lipinski definition) is 1. The lowest BCUT2D eigenvalue weighted by Crippen LogP contribution is -2.21. The second kappa shape index (κ2) is 9.37. The lowest BCUT2D eigenvalue weighted by molar-refractivity contribution is 0.191. The van der Waals surface area contributed by atoms with Crippen LogP contribution >= 0.6 is 11.6 Å². The molecule has 0 aliphatic carbocycles. The van der Waals surface area contributed by atoms with E-state index in [9.17, 15) is 0 Å². The van der Waals surface area contributed by atoms with Crippen LogP contribution in [0.1, 0.15) is 37.7 Å². The molecule has 18 heavy (non-hydrogen) atoms. The van der Waals surface area contributed by atoms with Gasteiger partial charge >= 0.3 is 0 Å². The van der Waals surface area contributed by atoms with Crippen LogP contribution in [0.2, 0.25) is 5.02 Å². The summed E-state index contributed by atoms with van der Waals surface area (Å²) in [5.41, 5.74) is 1.26. The van der Waals surface area contributed by atoms with Gasteiger partial charge in [0.15, 0.2) is 0 Å². The Labute approximate surface area is 116 Å². The van der Waals surface area contributed by atoms with Gasteiger partial charge in [-0.3, -0.25) is 0 Å². The Morgan fingerprint density at radius 3 is 2.72 bits per heavy atom. The lowest BCUT2D eigenvalue weighted by Gasteiger charge is -2.19. The second-order valence-corrected chi connectivity index (χ2v) is 4.92. The average Bonchev–Trinajstić information content (AvgIpc) is 2.39. The first-order chi connectivity index (χ1) is 8.79. The standard InChI is InChI=1S/C15H24ClNO/c1-3-17-12-13(8-6-7-11-18-2)14-9-4-5-10-15(14)16/h4-5,9-10,13,17H,3,6-8,11-12H2,1-2H3. The Kier molecular flexibility index (Phi) is 8.06. The van der Waals surface area contributed by atoms with Crippen LogP contribution in [0, 0.1) is 0 Å². The number of rotatable bonds is 9. The number of benzene rings is 1. The van der Waals surface area contributed by atoms with Gasteiger partial charge in [-0.25, -0.2) is 0 Å². The summed E-state index contributed by atoms with van der Waals surface area (Å²) in [6.07, 6.45) is 3.44. The van der Waals surface area contributed by atoms with Crippen molar-refractivity contribution in [2.75, 3.05) is 26.8 Å². The van der Waals surface area contributed by atoms with Gasteiger partial charge in [-0.15, -0.1) is 0 Å². The normalized spacial score (nSPS) is 12.6. The molecule has 1 rings (SSSR count). The van der Waals surface area contributed by atoms with Crippen LogP contribution in [0.15, 0.2) is 24.3 Å². The molecule has 2 nitrogen and oxygen atoms in total. The fourth-order valence-corrected chi connectivity index (χ4v) is 2.42. The molecule has 0 fully saturated rings. The van der Waals surface area contributed by atoms with Crippen molar-refractivity contribution in [2.45, 2.75) is 32.1 Å². The topological polar surface area (TPSA) is 21.3 Å². The molecule has 0 saturated heterocycles. The summed E-state index contributed by atoms with van der Waals surface area (Å²) in [5.74, 6) is 0.496. The van der Waals surface area contributed by atoms with Gasteiger partial charge in [0.25, 0.3) is 0 Å². The first-order valence-electron chi connectivity index (χ1n) is 6.73. The number of ether oxygens (including phenoxy) is 1. The summed E-state index contributed by atoms with van der Waals surface area (Å²) in [6, 6.07) is 8.17. The van der Waals surface area contributed by atoms with E-state index in [0.29, 0.717) is 5.92 Å². The molecule has 0 aliphatic rings. The maximum absolute atomic E-state index is 6.29. The molecular formula is C15H24ClNO. The van der Waals surface area contributed by atoms with Gasteiger partial charge in [0.1, 0.15) is 0 Å². The molecule has 1 N–H and O–H groups in total. The van der Waals surface area contributed by atoms with E-state index >= 15 is 0 Å². The van der Waals surface area contributed by atoms with Gasteiger partial charge in [0.2, 0.25) is 0 Å². The minimum Gasteiger partial charge on any atom is -0.385 e. The Bertz CT molecular complexity index is 330. The van der Waals surface area contributed by atoms with Crippen molar-refractivity contribution in [1.82, 2.24) is 5.32 Å². The van der Waals surface area contributed by atoms with Crippen molar-refractivity contribution in [1.29, 1.82) is 0 Å². The minimum absolute atomic E-state index is 0.496. The van der Waals surface area contributed by atoms with E-state index in [1.807, 2.05) is 12.1 Å². The first-order valence-corrected chi connectivity index (χ1v) is 7.11. The van der Waals surface area contributed by atoms with Gasteiger partial charge in [-0.1, -0.05) is 43.1 Å². The van der Waals surface area contributed by atoms with Gasteiger partial charge < -0.3 is 10.1 Å². The quantitative estimate of drug-likeness (QED) is 0.688.